The van der Waals surface area contributed by atoms with E-state index in [4.69, 9.17) is 21.3 Å². The third kappa shape index (κ3) is 11.2. The number of carbonyl (C=O) groups is 7. The van der Waals surface area contributed by atoms with E-state index in [-0.39, 0.29) is 70.5 Å². The molecular formula is C47H58ClFN10O8. The van der Waals surface area contributed by atoms with Gasteiger partial charge in [0.25, 0.3) is 17.7 Å². The second-order valence-corrected chi connectivity index (χ2v) is 18.0. The molecule has 1 atom stereocenters. The zero-order chi connectivity index (χ0) is 48.7. The number of imide groups is 1. The molecule has 3 aliphatic rings. The van der Waals surface area contributed by atoms with Crippen molar-refractivity contribution in [2.45, 2.75) is 65.1 Å². The van der Waals surface area contributed by atoms with Gasteiger partial charge in [-0.2, -0.15) is 0 Å². The predicted octanol–water partition coefficient (Wildman–Crippen LogP) is 4.35. The molecule has 0 bridgehead atoms. The number of hydrogen-bond acceptors (Lipinski definition) is 13. The molecule has 0 aliphatic carbocycles. The lowest BCUT2D eigenvalue weighted by atomic mass is 9.95. The van der Waals surface area contributed by atoms with Crippen LogP contribution in [0.25, 0.3) is 11.4 Å². The monoisotopic (exact) mass is 944 g/mol. The van der Waals surface area contributed by atoms with Crippen molar-refractivity contribution in [2.75, 3.05) is 79.0 Å². The number of fused-ring (bicyclic) bond motifs is 1. The number of imidazole rings is 1. The normalized spacial score (nSPS) is 16.5. The fourth-order valence-electron chi connectivity index (χ4n) is 8.79. The highest BCUT2D eigenvalue weighted by molar-refractivity contribution is 6.31. The molecule has 2 fully saturated rings. The first-order valence-corrected chi connectivity index (χ1v) is 22.6. The van der Waals surface area contributed by atoms with Crippen LogP contribution in [0, 0.1) is 11.7 Å². The minimum atomic E-state index is -0.613. The average molecular weight is 945 g/mol. The molecule has 18 nitrogen and oxygen atoms in total. The van der Waals surface area contributed by atoms with Crippen LogP contribution in [-0.2, 0) is 20.9 Å². The molecule has 2 aromatic heterocycles. The van der Waals surface area contributed by atoms with Crippen molar-refractivity contribution in [3.05, 3.63) is 81.3 Å². The van der Waals surface area contributed by atoms with Crippen molar-refractivity contribution in [1.29, 1.82) is 0 Å². The maximum atomic E-state index is 15.7. The van der Waals surface area contributed by atoms with Crippen molar-refractivity contribution in [3.63, 3.8) is 0 Å². The second-order valence-electron chi connectivity index (χ2n) is 17.6. The highest BCUT2D eigenvalue weighted by Gasteiger charge is 2.38. The summed E-state index contributed by atoms with van der Waals surface area (Å²) in [6.45, 7) is 9.94. The summed E-state index contributed by atoms with van der Waals surface area (Å²) in [6, 6.07) is 3.64. The lowest BCUT2D eigenvalue weighted by Gasteiger charge is -2.39. The Bertz CT molecular complexity index is 2460. The molecule has 3 aliphatic heterocycles. The van der Waals surface area contributed by atoms with Crippen LogP contribution in [0.15, 0.2) is 47.4 Å². The van der Waals surface area contributed by atoms with Crippen LogP contribution in [0.3, 0.4) is 0 Å². The van der Waals surface area contributed by atoms with Crippen LogP contribution >= 0.6 is 11.6 Å². The van der Waals surface area contributed by atoms with Gasteiger partial charge in [-0.25, -0.2) is 14.4 Å². The number of carbonyl (C=O) groups excluding carboxylic acids is 7. The van der Waals surface area contributed by atoms with Gasteiger partial charge in [0.2, 0.25) is 18.2 Å². The Morgan fingerprint density at radius 1 is 1.01 bits per heavy atom. The van der Waals surface area contributed by atoms with E-state index >= 15 is 4.39 Å². The van der Waals surface area contributed by atoms with Crippen molar-refractivity contribution in [1.82, 2.24) is 44.4 Å². The summed E-state index contributed by atoms with van der Waals surface area (Å²) in [4.78, 5) is 107. The van der Waals surface area contributed by atoms with Gasteiger partial charge in [-0.1, -0.05) is 11.6 Å². The van der Waals surface area contributed by atoms with Crippen molar-refractivity contribution in [2.24, 2.45) is 5.92 Å². The average Bonchev–Trinajstić information content (AvgIpc) is 3.85. The summed E-state index contributed by atoms with van der Waals surface area (Å²) in [6.07, 6.45) is 7.82. The number of nitrogens with one attached hydrogen (secondary N) is 1. The number of ether oxygens (including phenoxy) is 1. The number of hydrogen-bond donors (Lipinski definition) is 1. The van der Waals surface area contributed by atoms with Gasteiger partial charge in [0.15, 0.2) is 18.3 Å². The third-order valence-corrected chi connectivity index (χ3v) is 12.7. The van der Waals surface area contributed by atoms with Crippen LogP contribution in [0.2, 0.25) is 0 Å². The van der Waals surface area contributed by atoms with E-state index in [9.17, 15) is 33.6 Å². The fraction of sp³-hybridized carbons (Fsp3) is 0.468. The molecule has 1 unspecified atom stereocenters. The Morgan fingerprint density at radius 3 is 2.33 bits per heavy atom. The Hall–Kier alpha value is -6.47. The van der Waals surface area contributed by atoms with Gasteiger partial charge in [0.1, 0.15) is 11.6 Å². The standard InChI is InChI=1S/C47H58ClFN10O8/c1-29(2)59-40-25-58(35(27-61)20-34(48)24-53(4)5)47(66)42(40)52-43(59)37-18-32(22-50-44(37)67-7)45(64)57-12-10-31(11-13-57)23-55-14-16-56(17-15-55)39-19-33(26-60)36(21-38(39)49)46(65)54(6)30(3)8-9-41(63)51-28-62/h18-22,24,26-31H,8-17,23,25H2,1-7H3,(H,51,62,63)/b34-24+,35-20+. The molecule has 0 saturated carbocycles. The van der Waals surface area contributed by atoms with Crippen molar-refractivity contribution in [3.8, 4) is 17.3 Å². The Kier molecular flexibility index (Phi) is 16.3. The van der Waals surface area contributed by atoms with Crippen LogP contribution in [0.5, 0.6) is 5.88 Å². The van der Waals surface area contributed by atoms with E-state index in [1.165, 1.54) is 42.3 Å². The largest absolute Gasteiger partial charge is 0.480 e. The van der Waals surface area contributed by atoms with Crippen molar-refractivity contribution < 1.29 is 42.7 Å². The third-order valence-electron chi connectivity index (χ3n) is 12.5. The first-order valence-electron chi connectivity index (χ1n) is 22.2. The molecule has 1 aromatic carbocycles. The lowest BCUT2D eigenvalue weighted by molar-refractivity contribution is -0.125. The van der Waals surface area contributed by atoms with Gasteiger partial charge in [-0.05, 0) is 70.2 Å². The number of likely N-dealkylation sites (tertiary alicyclic amines) is 1. The second kappa shape index (κ2) is 21.9. The molecule has 67 heavy (non-hydrogen) atoms. The first kappa shape index (κ1) is 50.0. The van der Waals surface area contributed by atoms with Crippen LogP contribution in [0.1, 0.15) is 99.8 Å². The maximum absolute atomic E-state index is 15.7. The molecular weight excluding hydrogens is 887 g/mol. The predicted molar refractivity (Wildman–Crippen MR) is 248 cm³/mol. The van der Waals surface area contributed by atoms with Gasteiger partial charge in [0.05, 0.1) is 52.5 Å². The SMILES string of the molecule is COc1ncc(C(=O)N2CCC(CN3CCN(c4cc(C=O)c(C(=O)N(C)C(C)CCC(=O)NC=O)cc4F)CC3)CC2)cc1-c1nc2c(n1C(C)C)CN(/C(C=O)=C/C(Cl)=C\N(C)C)C2=O. The molecule has 358 valence electrons. The van der Waals surface area contributed by atoms with Gasteiger partial charge < -0.3 is 28.9 Å². The summed E-state index contributed by atoms with van der Waals surface area (Å²) in [7, 11) is 6.58. The van der Waals surface area contributed by atoms with E-state index in [2.05, 4.69) is 15.2 Å². The molecule has 5 heterocycles. The molecule has 5 amide bonds. The number of allylic oxidation sites excluding steroid dienone is 3. The highest BCUT2D eigenvalue weighted by Crippen LogP contribution is 2.37. The number of benzene rings is 1. The Morgan fingerprint density at radius 2 is 1.72 bits per heavy atom. The summed E-state index contributed by atoms with van der Waals surface area (Å²) in [5.74, 6) is -1.29. The van der Waals surface area contributed by atoms with E-state index in [0.717, 1.165) is 25.5 Å². The Balaban J connectivity index is 1.06. The van der Waals surface area contributed by atoms with Crippen LogP contribution < -0.4 is 15.0 Å². The summed E-state index contributed by atoms with van der Waals surface area (Å²) in [5, 5.41) is 2.33. The number of piperazine rings is 1. The number of aldehydes is 2. The van der Waals surface area contributed by atoms with Gasteiger partial charge >= 0.3 is 0 Å². The smallest absolute Gasteiger partial charge is 0.279 e. The van der Waals surface area contributed by atoms with Crippen molar-refractivity contribution >= 4 is 59.9 Å². The molecule has 20 heteroatoms. The van der Waals surface area contributed by atoms with Gasteiger partial charge in [0, 0.05) is 103 Å². The zero-order valence-electron chi connectivity index (χ0n) is 39.0. The summed E-state index contributed by atoms with van der Waals surface area (Å²) in [5.41, 5.74) is 1.94. The number of piperidine rings is 1. The number of anilines is 1. The number of halogens is 2. The molecule has 0 spiro atoms. The minimum Gasteiger partial charge on any atom is -0.480 e. The van der Waals surface area contributed by atoms with E-state index < -0.39 is 29.6 Å². The number of amides is 5. The number of methoxy groups -OCH3 is 1. The number of rotatable bonds is 18. The zero-order valence-corrected chi connectivity index (χ0v) is 39.7. The maximum Gasteiger partial charge on any atom is 0.279 e. The van der Waals surface area contributed by atoms with Crippen LogP contribution in [0.4, 0.5) is 10.1 Å². The molecule has 3 aromatic rings. The number of nitrogens with zero attached hydrogens (tertiary/aromatic N) is 9. The van der Waals surface area contributed by atoms with E-state index in [1.807, 2.05) is 28.2 Å². The van der Waals surface area contributed by atoms with Gasteiger partial charge in [-0.15, -0.1) is 0 Å². The van der Waals surface area contributed by atoms with Crippen LogP contribution in [-0.4, -0.2) is 162 Å². The molecule has 0 radical (unpaired) electrons. The van der Waals surface area contributed by atoms with E-state index in [1.54, 1.807) is 38.2 Å². The molecule has 1 N–H and O–H groups in total. The lowest BCUT2D eigenvalue weighted by Crippen LogP contribution is -2.49. The van der Waals surface area contributed by atoms with E-state index in [0.29, 0.717) is 86.8 Å². The first-order chi connectivity index (χ1) is 32.0. The van der Waals surface area contributed by atoms with Gasteiger partial charge in [-0.3, -0.25) is 48.7 Å². The fourth-order valence-corrected chi connectivity index (χ4v) is 9.09. The Labute approximate surface area is 394 Å². The summed E-state index contributed by atoms with van der Waals surface area (Å²) < 4.78 is 23.2. The molecule has 2 saturated heterocycles. The summed E-state index contributed by atoms with van der Waals surface area (Å²) >= 11 is 6.33. The highest BCUT2D eigenvalue weighted by atomic mass is 35.5. The molecule has 6 rings (SSSR count). The minimum absolute atomic E-state index is 0.0147. The number of aromatic nitrogens is 3. The quantitative estimate of drug-likeness (QED) is 0.108. The topological polar surface area (TPSA) is 191 Å². The number of pyridine rings is 1.